The summed E-state index contributed by atoms with van der Waals surface area (Å²) in [6.07, 6.45) is 0.124. The molecule has 0 spiro atoms. The lowest BCUT2D eigenvalue weighted by Gasteiger charge is -2.24. The predicted molar refractivity (Wildman–Crippen MR) is 95.3 cm³/mol. The van der Waals surface area contributed by atoms with E-state index in [9.17, 15) is 19.2 Å². The first-order chi connectivity index (χ1) is 11.9. The molecule has 0 rings (SSSR count). The van der Waals surface area contributed by atoms with Crippen LogP contribution in [0, 0.1) is 11.8 Å². The van der Waals surface area contributed by atoms with Crippen molar-refractivity contribution in [2.45, 2.75) is 71.5 Å². The molecule has 3 atom stereocenters. The Hall–Kier alpha value is -2.16. The Morgan fingerprint density at radius 1 is 0.846 bits per heavy atom. The first-order valence-electron chi connectivity index (χ1n) is 8.74. The highest BCUT2D eigenvalue weighted by molar-refractivity contribution is 5.91. The molecule has 0 aliphatic carbocycles. The summed E-state index contributed by atoms with van der Waals surface area (Å²) in [5.74, 6) is -3.35. The molecule has 26 heavy (non-hydrogen) atoms. The van der Waals surface area contributed by atoms with E-state index < -0.39 is 48.3 Å². The smallest absolute Gasteiger partial charge is 0.326 e. The van der Waals surface area contributed by atoms with Gasteiger partial charge in [-0.05, 0) is 31.1 Å². The molecule has 0 aliphatic heterocycles. The summed E-state index contributed by atoms with van der Waals surface area (Å²) < 4.78 is 0. The largest absolute Gasteiger partial charge is 0.481 e. The average molecular weight is 373 g/mol. The monoisotopic (exact) mass is 373 g/mol. The predicted octanol–water partition coefficient (Wildman–Crippen LogP) is 0.325. The molecule has 0 saturated carbocycles. The molecule has 150 valence electrons. The summed E-state index contributed by atoms with van der Waals surface area (Å²) in [5, 5.41) is 22.7. The zero-order valence-corrected chi connectivity index (χ0v) is 15.8. The Labute approximate surface area is 153 Å². The molecule has 9 heteroatoms. The van der Waals surface area contributed by atoms with E-state index >= 15 is 0 Å². The van der Waals surface area contributed by atoms with Gasteiger partial charge in [-0.25, -0.2) is 4.79 Å². The second-order valence-corrected chi connectivity index (χ2v) is 7.26. The Kier molecular flexibility index (Phi) is 10.5. The van der Waals surface area contributed by atoms with Crippen molar-refractivity contribution in [1.82, 2.24) is 10.6 Å². The van der Waals surface area contributed by atoms with Crippen LogP contribution in [-0.4, -0.2) is 52.1 Å². The minimum absolute atomic E-state index is 0.0645. The minimum atomic E-state index is -1.34. The van der Waals surface area contributed by atoms with Crippen LogP contribution in [-0.2, 0) is 19.2 Å². The van der Waals surface area contributed by atoms with Gasteiger partial charge in [-0.2, -0.15) is 0 Å². The Morgan fingerprint density at radius 3 is 1.77 bits per heavy atom. The zero-order chi connectivity index (χ0) is 20.4. The van der Waals surface area contributed by atoms with Crippen molar-refractivity contribution in [3.63, 3.8) is 0 Å². The zero-order valence-electron chi connectivity index (χ0n) is 15.8. The second kappa shape index (κ2) is 11.5. The normalized spacial score (nSPS) is 14.6. The SMILES string of the molecule is CC(C)C[C@H](NC(=O)[C@@H](N)CC(C)C)C(=O)N[C@@H](CCC(=O)O)C(=O)O. The Morgan fingerprint density at radius 2 is 1.35 bits per heavy atom. The van der Waals surface area contributed by atoms with Crippen LogP contribution in [0.25, 0.3) is 0 Å². The highest BCUT2D eigenvalue weighted by atomic mass is 16.4. The second-order valence-electron chi connectivity index (χ2n) is 7.26. The molecule has 0 aromatic heterocycles. The Balaban J connectivity index is 5.02. The minimum Gasteiger partial charge on any atom is -0.481 e. The van der Waals surface area contributed by atoms with E-state index in [-0.39, 0.29) is 18.3 Å². The van der Waals surface area contributed by atoms with E-state index in [1.165, 1.54) is 0 Å². The lowest BCUT2D eigenvalue weighted by atomic mass is 10.00. The molecular weight excluding hydrogens is 342 g/mol. The van der Waals surface area contributed by atoms with Gasteiger partial charge in [-0.15, -0.1) is 0 Å². The summed E-state index contributed by atoms with van der Waals surface area (Å²) in [7, 11) is 0. The summed E-state index contributed by atoms with van der Waals surface area (Å²) in [5.41, 5.74) is 5.82. The van der Waals surface area contributed by atoms with Gasteiger partial charge >= 0.3 is 11.9 Å². The topological polar surface area (TPSA) is 159 Å². The maximum absolute atomic E-state index is 12.4. The summed E-state index contributed by atoms with van der Waals surface area (Å²) in [4.78, 5) is 46.5. The fraction of sp³-hybridized carbons (Fsp3) is 0.765. The quantitative estimate of drug-likeness (QED) is 0.329. The first kappa shape index (κ1) is 23.8. The summed E-state index contributed by atoms with van der Waals surface area (Å²) in [6, 6.07) is -3.04. The molecule has 0 aromatic carbocycles. The van der Waals surface area contributed by atoms with Crippen molar-refractivity contribution in [3.8, 4) is 0 Å². The van der Waals surface area contributed by atoms with Crippen molar-refractivity contribution in [3.05, 3.63) is 0 Å². The van der Waals surface area contributed by atoms with Crippen LogP contribution in [0.15, 0.2) is 0 Å². The van der Waals surface area contributed by atoms with Crippen molar-refractivity contribution in [2.24, 2.45) is 17.6 Å². The first-order valence-corrected chi connectivity index (χ1v) is 8.74. The molecule has 0 aromatic rings. The van der Waals surface area contributed by atoms with Crippen molar-refractivity contribution >= 4 is 23.8 Å². The van der Waals surface area contributed by atoms with Gasteiger partial charge in [-0.3, -0.25) is 14.4 Å². The number of hydrogen-bond donors (Lipinski definition) is 5. The van der Waals surface area contributed by atoms with Gasteiger partial charge < -0.3 is 26.6 Å². The number of carbonyl (C=O) groups is 4. The molecule has 2 amide bonds. The highest BCUT2D eigenvalue weighted by Crippen LogP contribution is 2.09. The molecule has 0 heterocycles. The standard InChI is InChI=1S/C17H31N3O6/c1-9(2)7-11(18)15(23)20-13(8-10(3)4)16(24)19-12(17(25)26)5-6-14(21)22/h9-13H,5-8,18H2,1-4H3,(H,19,24)(H,20,23)(H,21,22)(H,25,26)/t11-,12-,13-/m0/s1. The van der Waals surface area contributed by atoms with Gasteiger partial charge in [-0.1, -0.05) is 27.7 Å². The molecule has 9 nitrogen and oxygen atoms in total. The van der Waals surface area contributed by atoms with Gasteiger partial charge in [0.15, 0.2) is 0 Å². The average Bonchev–Trinajstić information content (AvgIpc) is 2.48. The van der Waals surface area contributed by atoms with E-state index in [4.69, 9.17) is 15.9 Å². The lowest BCUT2D eigenvalue weighted by molar-refractivity contribution is -0.143. The lowest BCUT2D eigenvalue weighted by Crippen LogP contribution is -2.55. The number of carbonyl (C=O) groups excluding carboxylic acids is 2. The van der Waals surface area contributed by atoms with Crippen LogP contribution >= 0.6 is 0 Å². The summed E-state index contributed by atoms with van der Waals surface area (Å²) >= 11 is 0. The third-order valence-electron chi connectivity index (χ3n) is 3.66. The van der Waals surface area contributed by atoms with Crippen LogP contribution < -0.4 is 16.4 Å². The molecule has 0 aliphatic rings. The highest BCUT2D eigenvalue weighted by Gasteiger charge is 2.28. The number of carboxylic acids is 2. The van der Waals surface area contributed by atoms with Crippen LogP contribution in [0.5, 0.6) is 0 Å². The number of hydrogen-bond acceptors (Lipinski definition) is 5. The fourth-order valence-corrected chi connectivity index (χ4v) is 2.39. The number of amides is 2. The van der Waals surface area contributed by atoms with Gasteiger partial charge in [0.25, 0.3) is 0 Å². The van der Waals surface area contributed by atoms with Crippen LogP contribution in [0.1, 0.15) is 53.4 Å². The van der Waals surface area contributed by atoms with Gasteiger partial charge in [0.2, 0.25) is 11.8 Å². The number of nitrogens with two attached hydrogens (primary N) is 1. The van der Waals surface area contributed by atoms with Crippen molar-refractivity contribution in [2.75, 3.05) is 0 Å². The molecule has 0 unspecified atom stereocenters. The van der Waals surface area contributed by atoms with Crippen LogP contribution in [0.2, 0.25) is 0 Å². The van der Waals surface area contributed by atoms with Gasteiger partial charge in [0.1, 0.15) is 12.1 Å². The number of aliphatic carboxylic acids is 2. The van der Waals surface area contributed by atoms with Gasteiger partial charge in [0.05, 0.1) is 6.04 Å². The van der Waals surface area contributed by atoms with E-state index in [0.717, 1.165) is 0 Å². The molecule has 0 bridgehead atoms. The molecule has 0 fully saturated rings. The Bertz CT molecular complexity index is 507. The maximum atomic E-state index is 12.4. The molecule has 0 radical (unpaired) electrons. The molecule has 6 N–H and O–H groups in total. The summed E-state index contributed by atoms with van der Waals surface area (Å²) in [6.45, 7) is 7.57. The van der Waals surface area contributed by atoms with E-state index in [1.54, 1.807) is 0 Å². The maximum Gasteiger partial charge on any atom is 0.326 e. The van der Waals surface area contributed by atoms with Crippen LogP contribution in [0.3, 0.4) is 0 Å². The van der Waals surface area contributed by atoms with E-state index in [2.05, 4.69) is 10.6 Å². The number of carboxylic acid groups (broad SMARTS) is 2. The van der Waals surface area contributed by atoms with E-state index in [0.29, 0.717) is 12.8 Å². The van der Waals surface area contributed by atoms with Crippen molar-refractivity contribution < 1.29 is 29.4 Å². The van der Waals surface area contributed by atoms with Crippen LogP contribution in [0.4, 0.5) is 0 Å². The van der Waals surface area contributed by atoms with Gasteiger partial charge in [0, 0.05) is 6.42 Å². The molecule has 0 saturated heterocycles. The van der Waals surface area contributed by atoms with E-state index in [1.807, 2.05) is 27.7 Å². The number of rotatable bonds is 12. The van der Waals surface area contributed by atoms with Crippen molar-refractivity contribution in [1.29, 1.82) is 0 Å². The third-order valence-corrected chi connectivity index (χ3v) is 3.66. The fourth-order valence-electron chi connectivity index (χ4n) is 2.39. The number of nitrogens with one attached hydrogen (secondary N) is 2. The molecular formula is C17H31N3O6. The third kappa shape index (κ3) is 9.97.